The van der Waals surface area contributed by atoms with E-state index in [9.17, 15) is 0 Å². The zero-order valence-electron chi connectivity index (χ0n) is 8.29. The molecule has 0 aliphatic heterocycles. The van der Waals surface area contributed by atoms with E-state index in [1.165, 1.54) is 0 Å². The summed E-state index contributed by atoms with van der Waals surface area (Å²) in [7, 11) is 1.65. The van der Waals surface area contributed by atoms with Gasteiger partial charge in [-0.05, 0) is 24.6 Å². The van der Waals surface area contributed by atoms with Gasteiger partial charge in [0.2, 0.25) is 0 Å². The molecule has 0 bridgehead atoms. The zero-order valence-corrected chi connectivity index (χ0v) is 9.05. The van der Waals surface area contributed by atoms with Crippen LogP contribution in [0, 0.1) is 0 Å². The van der Waals surface area contributed by atoms with E-state index in [-0.39, 0.29) is 6.04 Å². The summed E-state index contributed by atoms with van der Waals surface area (Å²) < 4.78 is 0. The van der Waals surface area contributed by atoms with E-state index in [4.69, 9.17) is 17.3 Å². The standard InChI is InChI=1S/C10H14ClN3/c1-7(14-10(12)13-2)8-4-3-5-9(11)6-8/h3-7H,1-2H3,(H3,12,13,14)/t7-/m0/s1. The van der Waals surface area contributed by atoms with E-state index in [0.717, 1.165) is 10.6 Å². The van der Waals surface area contributed by atoms with Gasteiger partial charge in [0.1, 0.15) is 0 Å². The Hall–Kier alpha value is -1.22. The highest BCUT2D eigenvalue weighted by molar-refractivity contribution is 6.30. The lowest BCUT2D eigenvalue weighted by Crippen LogP contribution is -2.33. The van der Waals surface area contributed by atoms with Gasteiger partial charge in [-0.2, -0.15) is 0 Å². The van der Waals surface area contributed by atoms with Crippen LogP contribution in [0.15, 0.2) is 29.3 Å². The van der Waals surface area contributed by atoms with Crippen molar-refractivity contribution in [2.24, 2.45) is 10.7 Å². The summed E-state index contributed by atoms with van der Waals surface area (Å²) >= 11 is 5.87. The molecule has 3 nitrogen and oxygen atoms in total. The minimum atomic E-state index is 0.109. The van der Waals surface area contributed by atoms with E-state index >= 15 is 0 Å². The smallest absolute Gasteiger partial charge is 0.188 e. The van der Waals surface area contributed by atoms with Crippen LogP contribution in [-0.4, -0.2) is 13.0 Å². The van der Waals surface area contributed by atoms with Crippen LogP contribution in [0.5, 0.6) is 0 Å². The predicted molar refractivity (Wildman–Crippen MR) is 60.5 cm³/mol. The average molecular weight is 212 g/mol. The molecular weight excluding hydrogens is 198 g/mol. The number of benzene rings is 1. The number of rotatable bonds is 2. The molecule has 0 aliphatic rings. The number of aliphatic imine (C=N–C) groups is 1. The van der Waals surface area contributed by atoms with Crippen LogP contribution in [-0.2, 0) is 0 Å². The van der Waals surface area contributed by atoms with Gasteiger partial charge in [-0.1, -0.05) is 23.7 Å². The number of nitrogens with one attached hydrogen (secondary N) is 1. The summed E-state index contributed by atoms with van der Waals surface area (Å²) in [5, 5.41) is 3.77. The summed E-state index contributed by atoms with van der Waals surface area (Å²) in [6.45, 7) is 2.00. The predicted octanol–water partition coefficient (Wildman–Crippen LogP) is 1.94. The van der Waals surface area contributed by atoms with Crippen LogP contribution in [0.4, 0.5) is 0 Å². The molecule has 3 N–H and O–H groups in total. The number of nitrogens with two attached hydrogens (primary N) is 1. The average Bonchev–Trinajstić information content (AvgIpc) is 2.17. The van der Waals surface area contributed by atoms with Gasteiger partial charge in [0.15, 0.2) is 5.96 Å². The highest BCUT2D eigenvalue weighted by Crippen LogP contribution is 2.16. The van der Waals surface area contributed by atoms with Crippen molar-refractivity contribution in [2.75, 3.05) is 7.05 Å². The molecule has 1 rings (SSSR count). The van der Waals surface area contributed by atoms with Crippen molar-refractivity contribution in [3.63, 3.8) is 0 Å². The molecule has 0 aliphatic carbocycles. The molecule has 1 atom stereocenters. The number of halogens is 1. The fourth-order valence-corrected chi connectivity index (χ4v) is 1.34. The molecule has 0 radical (unpaired) electrons. The molecule has 0 amide bonds. The Bertz CT molecular complexity index is 336. The van der Waals surface area contributed by atoms with E-state index in [2.05, 4.69) is 10.3 Å². The summed E-state index contributed by atoms with van der Waals surface area (Å²) in [6.07, 6.45) is 0. The maximum absolute atomic E-state index is 5.87. The summed E-state index contributed by atoms with van der Waals surface area (Å²) in [5.41, 5.74) is 6.64. The molecule has 0 fully saturated rings. The Labute approximate surface area is 89.0 Å². The van der Waals surface area contributed by atoms with Crippen molar-refractivity contribution in [2.45, 2.75) is 13.0 Å². The molecular formula is C10H14ClN3. The summed E-state index contributed by atoms with van der Waals surface area (Å²) in [4.78, 5) is 3.83. The quantitative estimate of drug-likeness (QED) is 0.580. The van der Waals surface area contributed by atoms with Crippen molar-refractivity contribution in [1.29, 1.82) is 0 Å². The zero-order chi connectivity index (χ0) is 10.6. The second-order valence-electron chi connectivity index (χ2n) is 3.03. The van der Waals surface area contributed by atoms with E-state index in [1.54, 1.807) is 7.05 Å². The molecule has 1 aromatic rings. The van der Waals surface area contributed by atoms with Gasteiger partial charge in [0.05, 0.1) is 6.04 Å². The Balaban J connectivity index is 2.74. The van der Waals surface area contributed by atoms with E-state index in [1.807, 2.05) is 31.2 Å². The Morgan fingerprint density at radius 1 is 1.57 bits per heavy atom. The third kappa shape index (κ3) is 2.92. The van der Waals surface area contributed by atoms with Crippen molar-refractivity contribution in [3.8, 4) is 0 Å². The summed E-state index contributed by atoms with van der Waals surface area (Å²) in [6, 6.07) is 7.76. The third-order valence-electron chi connectivity index (χ3n) is 1.95. The second-order valence-corrected chi connectivity index (χ2v) is 3.47. The first-order valence-corrected chi connectivity index (χ1v) is 4.75. The first kappa shape index (κ1) is 10.9. The topological polar surface area (TPSA) is 50.4 Å². The number of hydrogen-bond acceptors (Lipinski definition) is 1. The van der Waals surface area contributed by atoms with Gasteiger partial charge in [-0.25, -0.2) is 0 Å². The van der Waals surface area contributed by atoms with Crippen LogP contribution < -0.4 is 11.1 Å². The third-order valence-corrected chi connectivity index (χ3v) is 2.19. The van der Waals surface area contributed by atoms with Crippen LogP contribution in [0.25, 0.3) is 0 Å². The van der Waals surface area contributed by atoms with Gasteiger partial charge in [0.25, 0.3) is 0 Å². The molecule has 4 heteroatoms. The van der Waals surface area contributed by atoms with Crippen molar-refractivity contribution >= 4 is 17.6 Å². The SMILES string of the molecule is CN=C(N)N[C@@H](C)c1cccc(Cl)c1. The minimum absolute atomic E-state index is 0.109. The fourth-order valence-electron chi connectivity index (χ4n) is 1.15. The number of nitrogens with zero attached hydrogens (tertiary/aromatic N) is 1. The second kappa shape index (κ2) is 4.86. The molecule has 1 aromatic carbocycles. The molecule has 0 saturated heterocycles. The maximum atomic E-state index is 5.87. The van der Waals surface area contributed by atoms with Crippen molar-refractivity contribution in [3.05, 3.63) is 34.9 Å². The highest BCUT2D eigenvalue weighted by atomic mass is 35.5. The molecule has 0 spiro atoms. The lowest BCUT2D eigenvalue weighted by molar-refractivity contribution is 0.711. The first-order valence-electron chi connectivity index (χ1n) is 4.37. The van der Waals surface area contributed by atoms with Gasteiger partial charge >= 0.3 is 0 Å². The maximum Gasteiger partial charge on any atom is 0.188 e. The molecule has 76 valence electrons. The highest BCUT2D eigenvalue weighted by Gasteiger charge is 2.05. The number of guanidine groups is 1. The van der Waals surface area contributed by atoms with Crippen LogP contribution in [0.1, 0.15) is 18.5 Å². The van der Waals surface area contributed by atoms with E-state index in [0.29, 0.717) is 5.96 Å². The first-order chi connectivity index (χ1) is 6.63. The Morgan fingerprint density at radius 3 is 2.86 bits per heavy atom. The Morgan fingerprint density at radius 2 is 2.29 bits per heavy atom. The minimum Gasteiger partial charge on any atom is -0.370 e. The van der Waals surface area contributed by atoms with Gasteiger partial charge in [0, 0.05) is 12.1 Å². The lowest BCUT2D eigenvalue weighted by atomic mass is 10.1. The lowest BCUT2D eigenvalue weighted by Gasteiger charge is -2.14. The van der Waals surface area contributed by atoms with Gasteiger partial charge < -0.3 is 11.1 Å². The van der Waals surface area contributed by atoms with Gasteiger partial charge in [-0.15, -0.1) is 0 Å². The molecule has 0 unspecified atom stereocenters. The largest absolute Gasteiger partial charge is 0.370 e. The molecule has 0 heterocycles. The fraction of sp³-hybridized carbons (Fsp3) is 0.300. The molecule has 14 heavy (non-hydrogen) atoms. The van der Waals surface area contributed by atoms with Crippen molar-refractivity contribution in [1.82, 2.24) is 5.32 Å². The normalized spacial score (nSPS) is 13.8. The Kier molecular flexibility index (Phi) is 3.77. The molecule has 0 saturated carbocycles. The van der Waals surface area contributed by atoms with Crippen molar-refractivity contribution < 1.29 is 0 Å². The van der Waals surface area contributed by atoms with Crippen LogP contribution in [0.3, 0.4) is 0 Å². The van der Waals surface area contributed by atoms with Crippen LogP contribution in [0.2, 0.25) is 5.02 Å². The molecule has 0 aromatic heterocycles. The monoisotopic (exact) mass is 211 g/mol. The van der Waals surface area contributed by atoms with Crippen LogP contribution >= 0.6 is 11.6 Å². The van der Waals surface area contributed by atoms with E-state index < -0.39 is 0 Å². The summed E-state index contributed by atoms with van der Waals surface area (Å²) in [5.74, 6) is 0.428. The van der Waals surface area contributed by atoms with Gasteiger partial charge in [-0.3, -0.25) is 4.99 Å². The number of hydrogen-bond donors (Lipinski definition) is 2.